The number of ether oxygens (including phenoxy) is 2. The van der Waals surface area contributed by atoms with Gasteiger partial charge in [-0.2, -0.15) is 0 Å². The molecule has 1 unspecified atom stereocenters. The minimum atomic E-state index is -0.647. The highest BCUT2D eigenvalue weighted by Gasteiger charge is 2.16. The van der Waals surface area contributed by atoms with Gasteiger partial charge in [0.25, 0.3) is 5.91 Å². The minimum Gasteiger partial charge on any atom is -0.497 e. The van der Waals surface area contributed by atoms with Gasteiger partial charge in [0.1, 0.15) is 11.5 Å². The van der Waals surface area contributed by atoms with Crippen molar-refractivity contribution in [2.75, 3.05) is 23.5 Å². The van der Waals surface area contributed by atoms with Crippen LogP contribution in [0.4, 0.5) is 10.8 Å². The van der Waals surface area contributed by atoms with Crippen LogP contribution in [0.15, 0.2) is 60.0 Å². The van der Waals surface area contributed by atoms with E-state index in [1.165, 1.54) is 23.1 Å². The van der Waals surface area contributed by atoms with Gasteiger partial charge in [-0.3, -0.25) is 14.9 Å². The van der Waals surface area contributed by atoms with Gasteiger partial charge in [0.05, 0.1) is 18.6 Å². The molecule has 7 nitrogen and oxygen atoms in total. The zero-order valence-electron chi connectivity index (χ0n) is 17.2. The number of rotatable bonds is 10. The van der Waals surface area contributed by atoms with Crippen molar-refractivity contribution >= 4 is 45.7 Å². The maximum absolute atomic E-state index is 12.3. The summed E-state index contributed by atoms with van der Waals surface area (Å²) in [5, 5.41) is 7.98. The van der Waals surface area contributed by atoms with Gasteiger partial charge < -0.3 is 14.8 Å². The van der Waals surface area contributed by atoms with E-state index < -0.39 is 6.10 Å². The lowest BCUT2D eigenvalue weighted by atomic mass is 10.3. The molecule has 2 aromatic carbocycles. The summed E-state index contributed by atoms with van der Waals surface area (Å²) in [6, 6.07) is 16.3. The van der Waals surface area contributed by atoms with Crippen molar-refractivity contribution in [3.8, 4) is 11.5 Å². The van der Waals surface area contributed by atoms with Crippen molar-refractivity contribution in [3.05, 3.63) is 65.7 Å². The number of hydrogen-bond donors (Lipinski definition) is 2. The lowest BCUT2D eigenvalue weighted by molar-refractivity contribution is -0.122. The smallest absolute Gasteiger partial charge is 0.266 e. The van der Waals surface area contributed by atoms with Crippen molar-refractivity contribution in [1.29, 1.82) is 0 Å². The third kappa shape index (κ3) is 7.30. The van der Waals surface area contributed by atoms with Crippen molar-refractivity contribution in [1.82, 2.24) is 4.98 Å². The first-order chi connectivity index (χ1) is 15.0. The molecule has 1 heterocycles. The van der Waals surface area contributed by atoms with Crippen LogP contribution < -0.4 is 20.1 Å². The highest BCUT2D eigenvalue weighted by molar-refractivity contribution is 7.99. The van der Waals surface area contributed by atoms with E-state index in [-0.39, 0.29) is 11.8 Å². The Kier molecular flexibility index (Phi) is 8.31. The van der Waals surface area contributed by atoms with Crippen LogP contribution in [-0.4, -0.2) is 35.8 Å². The van der Waals surface area contributed by atoms with E-state index in [2.05, 4.69) is 15.6 Å². The normalized spacial score (nSPS) is 11.4. The van der Waals surface area contributed by atoms with E-state index in [1.54, 1.807) is 50.4 Å². The van der Waals surface area contributed by atoms with Crippen LogP contribution in [0.2, 0.25) is 0 Å². The minimum absolute atomic E-state index is 0.0918. The second-order valence-corrected chi connectivity index (χ2v) is 8.32. The van der Waals surface area contributed by atoms with Crippen LogP contribution in [0.25, 0.3) is 0 Å². The Morgan fingerprint density at radius 1 is 1.06 bits per heavy atom. The number of thioether (sulfide) groups is 1. The molecule has 3 aromatic rings. The first-order valence-electron chi connectivity index (χ1n) is 9.52. The predicted molar refractivity (Wildman–Crippen MR) is 125 cm³/mol. The Hall–Kier alpha value is -3.04. The van der Waals surface area contributed by atoms with Gasteiger partial charge in [0.15, 0.2) is 11.2 Å². The van der Waals surface area contributed by atoms with Crippen LogP contribution >= 0.6 is 23.1 Å². The molecule has 0 bridgehead atoms. The summed E-state index contributed by atoms with van der Waals surface area (Å²) in [6.45, 7) is 1.69. The number of methoxy groups -OCH3 is 1. The number of benzene rings is 2. The van der Waals surface area contributed by atoms with Gasteiger partial charge in [0.2, 0.25) is 5.91 Å². The molecule has 0 radical (unpaired) electrons. The molecule has 9 heteroatoms. The highest BCUT2D eigenvalue weighted by atomic mass is 32.2. The van der Waals surface area contributed by atoms with Gasteiger partial charge in [-0.1, -0.05) is 18.2 Å². The Morgan fingerprint density at radius 2 is 1.81 bits per heavy atom. The molecular formula is C22H23N3O4S2. The van der Waals surface area contributed by atoms with E-state index in [1.807, 2.05) is 23.6 Å². The van der Waals surface area contributed by atoms with E-state index in [0.717, 1.165) is 17.1 Å². The quantitative estimate of drug-likeness (QED) is 0.468. The second kappa shape index (κ2) is 11.4. The van der Waals surface area contributed by atoms with Crippen molar-refractivity contribution in [3.63, 3.8) is 0 Å². The molecule has 1 aromatic heterocycles. The third-order valence-corrected chi connectivity index (χ3v) is 5.84. The van der Waals surface area contributed by atoms with E-state index in [9.17, 15) is 9.59 Å². The molecule has 0 aliphatic carbocycles. The topological polar surface area (TPSA) is 89.6 Å². The Labute approximate surface area is 189 Å². The zero-order valence-corrected chi connectivity index (χ0v) is 18.8. The monoisotopic (exact) mass is 457 g/mol. The standard InChI is InChI=1S/C22H23N3O4S2/c1-15(29-19-6-4-3-5-7-19)21(27)25-22-24-17(13-31-22)12-30-14-20(26)23-16-8-10-18(28-2)11-9-16/h3-11,13,15H,12,14H2,1-2H3,(H,23,26)(H,24,25,27). The maximum Gasteiger partial charge on any atom is 0.266 e. The fourth-order valence-corrected chi connectivity index (χ4v) is 4.05. The molecule has 0 saturated carbocycles. The van der Waals surface area contributed by atoms with E-state index >= 15 is 0 Å². The number of amides is 2. The average Bonchev–Trinajstić information content (AvgIpc) is 3.22. The Bertz CT molecular complexity index is 994. The first kappa shape index (κ1) is 22.6. The van der Waals surface area contributed by atoms with Gasteiger partial charge in [-0.25, -0.2) is 4.98 Å². The number of carbonyl (C=O) groups is 2. The molecule has 3 rings (SSSR count). The van der Waals surface area contributed by atoms with Gasteiger partial charge in [0, 0.05) is 16.8 Å². The summed E-state index contributed by atoms with van der Waals surface area (Å²) in [6.07, 6.45) is -0.647. The maximum atomic E-state index is 12.3. The van der Waals surface area contributed by atoms with Crippen LogP contribution in [0.3, 0.4) is 0 Å². The number of carbonyl (C=O) groups excluding carboxylic acids is 2. The first-order valence-corrected chi connectivity index (χ1v) is 11.6. The highest BCUT2D eigenvalue weighted by Crippen LogP contribution is 2.21. The Balaban J connectivity index is 1.40. The molecule has 2 N–H and O–H groups in total. The SMILES string of the molecule is COc1ccc(NC(=O)CSCc2csc(NC(=O)C(C)Oc3ccccc3)n2)cc1. The number of para-hydroxylation sites is 1. The van der Waals surface area contributed by atoms with Crippen LogP contribution in [0.1, 0.15) is 12.6 Å². The van der Waals surface area contributed by atoms with E-state index in [0.29, 0.717) is 22.4 Å². The summed E-state index contributed by atoms with van der Waals surface area (Å²) in [5.74, 6) is 1.88. The number of hydrogen-bond acceptors (Lipinski definition) is 7. The second-order valence-electron chi connectivity index (χ2n) is 6.48. The Morgan fingerprint density at radius 3 is 2.52 bits per heavy atom. The van der Waals surface area contributed by atoms with Crippen LogP contribution in [0.5, 0.6) is 11.5 Å². The number of nitrogens with zero attached hydrogens (tertiary/aromatic N) is 1. The number of aromatic nitrogens is 1. The molecule has 0 saturated heterocycles. The fourth-order valence-electron chi connectivity index (χ4n) is 2.51. The van der Waals surface area contributed by atoms with Crippen LogP contribution in [0, 0.1) is 0 Å². The van der Waals surface area contributed by atoms with Gasteiger partial charge >= 0.3 is 0 Å². The molecule has 0 aliphatic heterocycles. The van der Waals surface area contributed by atoms with Crippen molar-refractivity contribution in [2.45, 2.75) is 18.8 Å². The molecule has 31 heavy (non-hydrogen) atoms. The lowest BCUT2D eigenvalue weighted by Gasteiger charge is -2.13. The summed E-state index contributed by atoms with van der Waals surface area (Å²) in [4.78, 5) is 28.8. The molecule has 0 spiro atoms. The van der Waals surface area contributed by atoms with Gasteiger partial charge in [-0.15, -0.1) is 23.1 Å². The average molecular weight is 458 g/mol. The lowest BCUT2D eigenvalue weighted by Crippen LogP contribution is -2.30. The third-order valence-electron chi connectivity index (χ3n) is 4.06. The molecule has 1 atom stereocenters. The van der Waals surface area contributed by atoms with E-state index in [4.69, 9.17) is 9.47 Å². The number of nitrogens with one attached hydrogen (secondary N) is 2. The van der Waals surface area contributed by atoms with Gasteiger partial charge in [-0.05, 0) is 43.3 Å². The largest absolute Gasteiger partial charge is 0.497 e. The summed E-state index contributed by atoms with van der Waals surface area (Å²) < 4.78 is 10.7. The molecular weight excluding hydrogens is 434 g/mol. The summed E-state index contributed by atoms with van der Waals surface area (Å²) in [5.41, 5.74) is 1.52. The van der Waals surface area contributed by atoms with Crippen molar-refractivity contribution < 1.29 is 19.1 Å². The van der Waals surface area contributed by atoms with Crippen molar-refractivity contribution in [2.24, 2.45) is 0 Å². The molecule has 2 amide bonds. The predicted octanol–water partition coefficient (Wildman–Crippen LogP) is 4.43. The molecule has 0 fully saturated rings. The number of thiazole rings is 1. The summed E-state index contributed by atoms with van der Waals surface area (Å²) in [7, 11) is 1.60. The molecule has 0 aliphatic rings. The fraction of sp³-hybridized carbons (Fsp3) is 0.227. The molecule has 162 valence electrons. The van der Waals surface area contributed by atoms with Crippen LogP contribution in [-0.2, 0) is 15.3 Å². The summed E-state index contributed by atoms with van der Waals surface area (Å²) >= 11 is 2.79. The number of anilines is 2. The zero-order chi connectivity index (χ0) is 22.1.